The van der Waals surface area contributed by atoms with Crippen LogP contribution in [0.5, 0.6) is 0 Å². The smallest absolute Gasteiger partial charge is 0.116 e. The summed E-state index contributed by atoms with van der Waals surface area (Å²) in [6.45, 7) is 14.6. The van der Waals surface area contributed by atoms with Crippen LogP contribution in [0.2, 0.25) is 0 Å². The lowest BCUT2D eigenvalue weighted by atomic mass is 9.97. The minimum absolute atomic E-state index is 0.196. The van der Waals surface area contributed by atoms with Crippen molar-refractivity contribution in [1.82, 2.24) is 25.5 Å². The van der Waals surface area contributed by atoms with Crippen LogP contribution in [0.15, 0.2) is 116 Å². The molecule has 0 radical (unpaired) electrons. The number of fused-ring (bicyclic) bond motifs is 2. The van der Waals surface area contributed by atoms with Crippen molar-refractivity contribution in [3.8, 4) is 21.8 Å². The Morgan fingerprint density at radius 2 is 1.81 bits per heavy atom. The topological polar surface area (TPSA) is 69.4 Å². The van der Waals surface area contributed by atoms with Crippen molar-refractivity contribution in [3.63, 3.8) is 0 Å². The summed E-state index contributed by atoms with van der Waals surface area (Å²) < 4.78 is 0. The molecule has 0 amide bonds. The molecule has 0 spiro atoms. The highest BCUT2D eigenvalue weighted by Gasteiger charge is 2.16. The number of benzene rings is 2. The SMILES string of the molecule is C=C[C@H](C)/C=C(\C=C(/C)NC(=C)c1ccccc1)c1ccc2[nH]nc(-c3cc4c(-c5ccc(C)s5)cncc4[nH]3)c2c1. The summed E-state index contributed by atoms with van der Waals surface area (Å²) in [5, 5.41) is 13.6. The third kappa shape index (κ3) is 5.49. The zero-order chi connectivity index (χ0) is 29.2. The molecule has 0 aliphatic rings. The number of rotatable bonds is 9. The minimum atomic E-state index is 0.196. The van der Waals surface area contributed by atoms with Crippen LogP contribution in [0, 0.1) is 12.8 Å². The van der Waals surface area contributed by atoms with Gasteiger partial charge in [-0.15, -0.1) is 17.9 Å². The van der Waals surface area contributed by atoms with Crippen molar-refractivity contribution < 1.29 is 0 Å². The molecule has 0 saturated carbocycles. The molecule has 6 aromatic rings. The van der Waals surface area contributed by atoms with Gasteiger partial charge in [0.05, 0.1) is 22.9 Å². The Labute approximate surface area is 250 Å². The third-order valence-electron chi connectivity index (χ3n) is 7.36. The van der Waals surface area contributed by atoms with E-state index in [1.54, 1.807) is 11.3 Å². The predicted octanol–water partition coefficient (Wildman–Crippen LogP) is 9.51. The number of aromatic nitrogens is 4. The van der Waals surface area contributed by atoms with Gasteiger partial charge in [0.25, 0.3) is 0 Å². The van der Waals surface area contributed by atoms with Gasteiger partial charge in [0.15, 0.2) is 0 Å². The van der Waals surface area contributed by atoms with Crippen LogP contribution < -0.4 is 5.32 Å². The quantitative estimate of drug-likeness (QED) is 0.120. The van der Waals surface area contributed by atoms with Crippen molar-refractivity contribution in [3.05, 3.63) is 132 Å². The van der Waals surface area contributed by atoms with Crippen LogP contribution >= 0.6 is 11.3 Å². The number of hydrogen-bond acceptors (Lipinski definition) is 4. The molecule has 0 fully saturated rings. The predicted molar refractivity (Wildman–Crippen MR) is 179 cm³/mol. The van der Waals surface area contributed by atoms with E-state index in [0.717, 1.165) is 66.9 Å². The molecule has 4 heterocycles. The van der Waals surface area contributed by atoms with Gasteiger partial charge < -0.3 is 10.3 Å². The van der Waals surface area contributed by atoms with Crippen molar-refractivity contribution >= 4 is 44.4 Å². The Morgan fingerprint density at radius 1 is 0.976 bits per heavy atom. The van der Waals surface area contributed by atoms with E-state index in [1.807, 2.05) is 36.7 Å². The summed E-state index contributed by atoms with van der Waals surface area (Å²) in [7, 11) is 0. The maximum absolute atomic E-state index is 4.73. The van der Waals surface area contributed by atoms with Gasteiger partial charge in [-0.25, -0.2) is 0 Å². The van der Waals surface area contributed by atoms with Crippen LogP contribution in [-0.4, -0.2) is 20.2 Å². The molecule has 1 atom stereocenters. The Hall–Kier alpha value is -4.94. The van der Waals surface area contributed by atoms with Gasteiger partial charge in [-0.05, 0) is 72.9 Å². The molecule has 42 heavy (non-hydrogen) atoms. The first-order chi connectivity index (χ1) is 20.4. The molecule has 0 aliphatic heterocycles. The summed E-state index contributed by atoms with van der Waals surface area (Å²) >= 11 is 1.78. The fourth-order valence-corrected chi connectivity index (χ4v) is 6.04. The van der Waals surface area contributed by atoms with Gasteiger partial charge in [0.1, 0.15) is 5.69 Å². The molecule has 0 aliphatic carbocycles. The van der Waals surface area contributed by atoms with E-state index in [2.05, 4.69) is 115 Å². The first-order valence-corrected chi connectivity index (χ1v) is 14.8. The van der Waals surface area contributed by atoms with E-state index in [4.69, 9.17) is 5.10 Å². The summed E-state index contributed by atoms with van der Waals surface area (Å²) in [5.41, 5.74) is 10.0. The average molecular weight is 568 g/mol. The highest BCUT2D eigenvalue weighted by atomic mass is 32.1. The number of hydrogen-bond donors (Lipinski definition) is 3. The zero-order valence-electron chi connectivity index (χ0n) is 24.0. The highest BCUT2D eigenvalue weighted by Crippen LogP contribution is 2.36. The molecule has 3 N–H and O–H groups in total. The molecule has 2 aromatic carbocycles. The van der Waals surface area contributed by atoms with Gasteiger partial charge >= 0.3 is 0 Å². The minimum Gasteiger partial charge on any atom is -0.359 e. The fourth-order valence-electron chi connectivity index (χ4n) is 5.15. The summed E-state index contributed by atoms with van der Waals surface area (Å²) in [5.74, 6) is 0.196. The Balaban J connectivity index is 1.39. The molecule has 0 saturated heterocycles. The molecule has 6 rings (SSSR count). The van der Waals surface area contributed by atoms with Gasteiger partial charge in [0.2, 0.25) is 0 Å². The van der Waals surface area contributed by atoms with Crippen molar-refractivity contribution in [2.24, 2.45) is 5.92 Å². The summed E-state index contributed by atoms with van der Waals surface area (Å²) in [4.78, 5) is 10.6. The molecule has 0 unspecified atom stereocenters. The maximum Gasteiger partial charge on any atom is 0.116 e. The first kappa shape index (κ1) is 27.2. The molecule has 5 nitrogen and oxygen atoms in total. The number of allylic oxidation sites excluding steroid dienone is 5. The molecular weight excluding hydrogens is 534 g/mol. The van der Waals surface area contributed by atoms with Crippen LogP contribution in [0.25, 0.3) is 54.9 Å². The van der Waals surface area contributed by atoms with E-state index in [0.29, 0.717) is 0 Å². The number of H-pyrrole nitrogens is 2. The van der Waals surface area contributed by atoms with Crippen LogP contribution in [0.1, 0.15) is 29.9 Å². The van der Waals surface area contributed by atoms with Gasteiger partial charge in [-0.3, -0.25) is 10.1 Å². The standard InChI is InChI=1S/C36H33N5S/c1-6-22(2)16-28(17-23(3)38-25(5)26-10-8-7-9-11-26)27-13-14-32-30(18-27)36(41-40-32)33-19-29-31(20-37-21-34(29)39-33)35-15-12-24(4)42-35/h6-22,38-39H,1,5H2,2-4H3,(H,40,41)/b23-17+,28-16+/t22-/m0/s1. The Morgan fingerprint density at radius 3 is 2.57 bits per heavy atom. The van der Waals surface area contributed by atoms with E-state index >= 15 is 0 Å². The number of nitrogens with one attached hydrogen (secondary N) is 3. The molecule has 0 bridgehead atoms. The number of aromatic amines is 2. The van der Waals surface area contributed by atoms with E-state index in [1.165, 1.54) is 9.75 Å². The van der Waals surface area contributed by atoms with Crippen molar-refractivity contribution in [2.75, 3.05) is 0 Å². The van der Waals surface area contributed by atoms with Crippen LogP contribution in [0.4, 0.5) is 0 Å². The lowest BCUT2D eigenvalue weighted by Gasteiger charge is -2.13. The van der Waals surface area contributed by atoms with E-state index < -0.39 is 0 Å². The number of nitrogens with zero attached hydrogens (tertiary/aromatic N) is 2. The molecular formula is C36H33N5S. The van der Waals surface area contributed by atoms with Gasteiger partial charge in [0, 0.05) is 43.7 Å². The number of thiophene rings is 1. The van der Waals surface area contributed by atoms with Crippen LogP contribution in [-0.2, 0) is 0 Å². The largest absolute Gasteiger partial charge is 0.359 e. The Kier molecular flexibility index (Phi) is 7.46. The maximum atomic E-state index is 4.73. The van der Waals surface area contributed by atoms with Gasteiger partial charge in [-0.2, -0.15) is 5.10 Å². The van der Waals surface area contributed by atoms with Crippen LogP contribution in [0.3, 0.4) is 0 Å². The highest BCUT2D eigenvalue weighted by molar-refractivity contribution is 7.15. The lowest BCUT2D eigenvalue weighted by molar-refractivity contribution is 0.946. The normalized spacial score (nSPS) is 13.0. The molecule has 4 aromatic heterocycles. The van der Waals surface area contributed by atoms with Gasteiger partial charge in [-0.1, -0.05) is 62.1 Å². The van der Waals surface area contributed by atoms with E-state index in [-0.39, 0.29) is 5.92 Å². The molecule has 6 heteroatoms. The monoisotopic (exact) mass is 567 g/mol. The zero-order valence-corrected chi connectivity index (χ0v) is 24.8. The molecule has 208 valence electrons. The second-order valence-corrected chi connectivity index (χ2v) is 11.9. The summed E-state index contributed by atoms with van der Waals surface area (Å²) in [6, 6.07) is 23.1. The third-order valence-corrected chi connectivity index (χ3v) is 8.39. The van der Waals surface area contributed by atoms with Crippen molar-refractivity contribution in [2.45, 2.75) is 20.8 Å². The first-order valence-electron chi connectivity index (χ1n) is 14.0. The number of pyridine rings is 1. The average Bonchev–Trinajstić information content (AvgIpc) is 3.74. The second-order valence-electron chi connectivity index (χ2n) is 10.6. The Bertz CT molecular complexity index is 1980. The van der Waals surface area contributed by atoms with E-state index in [9.17, 15) is 0 Å². The second kappa shape index (κ2) is 11.5. The van der Waals surface area contributed by atoms with Crippen molar-refractivity contribution in [1.29, 1.82) is 0 Å². The lowest BCUT2D eigenvalue weighted by Crippen LogP contribution is -2.08. The summed E-state index contributed by atoms with van der Waals surface area (Å²) in [6.07, 6.45) is 10.2. The fraction of sp³-hybridized carbons (Fsp3) is 0.111. The number of aryl methyl sites for hydroxylation is 1.